The molecule has 0 aliphatic carbocycles. The van der Waals surface area contributed by atoms with Crippen molar-refractivity contribution in [3.8, 4) is 0 Å². The molecule has 1 heterocycles. The average molecular weight is 332 g/mol. The fourth-order valence-corrected chi connectivity index (χ4v) is 4.48. The molecule has 1 aromatic carbocycles. The molecule has 112 valence electrons. The molecular weight excluding hydrogens is 309 g/mol. The first-order chi connectivity index (χ1) is 9.70. The van der Waals surface area contributed by atoms with Crippen molar-refractivity contribution in [2.24, 2.45) is 5.92 Å². The van der Waals surface area contributed by atoms with E-state index in [1.807, 2.05) is 12.1 Å². The summed E-state index contributed by atoms with van der Waals surface area (Å²) in [6.07, 6.45) is 4.93. The molecule has 1 fully saturated rings. The molecule has 1 atom stereocenters. The van der Waals surface area contributed by atoms with Crippen LogP contribution in [-0.2, 0) is 6.42 Å². The van der Waals surface area contributed by atoms with E-state index in [1.165, 1.54) is 30.8 Å². The van der Waals surface area contributed by atoms with E-state index in [0.29, 0.717) is 11.1 Å². The predicted molar refractivity (Wildman–Crippen MR) is 92.3 cm³/mol. The van der Waals surface area contributed by atoms with Crippen molar-refractivity contribution < 1.29 is 0 Å². The summed E-state index contributed by atoms with van der Waals surface area (Å²) in [5, 5.41) is 5.00. The Hall–Kier alpha value is 0.110. The van der Waals surface area contributed by atoms with Gasteiger partial charge in [-0.05, 0) is 61.3 Å². The van der Waals surface area contributed by atoms with Crippen LogP contribution in [-0.4, -0.2) is 24.1 Å². The van der Waals surface area contributed by atoms with Crippen molar-refractivity contribution in [2.45, 2.75) is 38.6 Å². The van der Waals surface area contributed by atoms with Gasteiger partial charge in [0.1, 0.15) is 0 Å². The van der Waals surface area contributed by atoms with E-state index >= 15 is 0 Å². The van der Waals surface area contributed by atoms with Crippen LogP contribution in [0.15, 0.2) is 18.2 Å². The van der Waals surface area contributed by atoms with Crippen molar-refractivity contribution in [2.75, 3.05) is 18.1 Å². The molecule has 20 heavy (non-hydrogen) atoms. The van der Waals surface area contributed by atoms with Gasteiger partial charge in [0, 0.05) is 6.04 Å². The fourth-order valence-electron chi connectivity index (χ4n) is 2.88. The minimum Gasteiger partial charge on any atom is -0.314 e. The number of hydrogen-bond donors (Lipinski definition) is 1. The second-order valence-electron chi connectivity index (χ2n) is 5.46. The molecule has 0 radical (unpaired) electrons. The van der Waals surface area contributed by atoms with Gasteiger partial charge in [-0.2, -0.15) is 11.8 Å². The summed E-state index contributed by atoms with van der Waals surface area (Å²) < 4.78 is 0. The van der Waals surface area contributed by atoms with E-state index < -0.39 is 0 Å². The van der Waals surface area contributed by atoms with E-state index in [0.717, 1.165) is 29.5 Å². The maximum Gasteiger partial charge on any atom is 0.0624 e. The first-order valence-corrected chi connectivity index (χ1v) is 9.35. The van der Waals surface area contributed by atoms with Crippen LogP contribution in [0.1, 0.15) is 31.7 Å². The van der Waals surface area contributed by atoms with Gasteiger partial charge in [0.15, 0.2) is 0 Å². The molecule has 4 heteroatoms. The molecule has 0 spiro atoms. The van der Waals surface area contributed by atoms with Gasteiger partial charge in [-0.3, -0.25) is 0 Å². The third-order valence-corrected chi connectivity index (χ3v) is 5.86. The average Bonchev–Trinajstić information content (AvgIpc) is 2.45. The van der Waals surface area contributed by atoms with Crippen molar-refractivity contribution in [1.82, 2.24) is 5.32 Å². The smallest absolute Gasteiger partial charge is 0.0624 e. The van der Waals surface area contributed by atoms with Crippen LogP contribution in [0.4, 0.5) is 0 Å². The number of benzene rings is 1. The molecule has 1 saturated heterocycles. The normalized spacial score (nSPS) is 18.1. The summed E-state index contributed by atoms with van der Waals surface area (Å²) >= 11 is 14.5. The van der Waals surface area contributed by atoms with Crippen LogP contribution in [0.25, 0.3) is 0 Å². The lowest BCUT2D eigenvalue weighted by molar-refractivity contribution is 0.366. The number of nitrogens with one attached hydrogen (secondary N) is 1. The van der Waals surface area contributed by atoms with Crippen LogP contribution in [0.3, 0.4) is 0 Å². The first-order valence-electron chi connectivity index (χ1n) is 7.44. The van der Waals surface area contributed by atoms with Gasteiger partial charge in [-0.1, -0.05) is 42.3 Å². The molecule has 0 amide bonds. The third kappa shape index (κ3) is 4.84. The molecule has 0 saturated carbocycles. The van der Waals surface area contributed by atoms with Crippen LogP contribution < -0.4 is 5.32 Å². The van der Waals surface area contributed by atoms with Gasteiger partial charge in [-0.15, -0.1) is 0 Å². The largest absolute Gasteiger partial charge is 0.314 e. The minimum absolute atomic E-state index is 0.504. The number of halogens is 2. The highest BCUT2D eigenvalue weighted by Crippen LogP contribution is 2.30. The standard InChI is InChI=1S/C16H23Cl2NS/c1-2-19-14(10-12-6-8-20-9-7-12)11-13-4-3-5-15(17)16(13)18/h3-5,12,14,19H,2,6-11H2,1H3. The summed E-state index contributed by atoms with van der Waals surface area (Å²) in [5.41, 5.74) is 1.16. The van der Waals surface area contributed by atoms with Gasteiger partial charge in [0.05, 0.1) is 10.0 Å². The first kappa shape index (κ1) is 16.5. The summed E-state index contributed by atoms with van der Waals surface area (Å²) in [4.78, 5) is 0. The van der Waals surface area contributed by atoms with Crippen molar-refractivity contribution in [3.63, 3.8) is 0 Å². The van der Waals surface area contributed by atoms with Gasteiger partial charge in [0.25, 0.3) is 0 Å². The molecule has 0 bridgehead atoms. The SMILES string of the molecule is CCNC(Cc1cccc(Cl)c1Cl)CC1CCSCC1. The van der Waals surface area contributed by atoms with E-state index in [1.54, 1.807) is 0 Å². The molecule has 1 nitrogen and oxygen atoms in total. The molecule has 1 aliphatic heterocycles. The number of likely N-dealkylation sites (N-methyl/N-ethyl adjacent to an activating group) is 1. The van der Waals surface area contributed by atoms with Crippen LogP contribution in [0, 0.1) is 5.92 Å². The molecule has 1 unspecified atom stereocenters. The molecule has 1 N–H and O–H groups in total. The van der Waals surface area contributed by atoms with Gasteiger partial charge < -0.3 is 5.32 Å². The minimum atomic E-state index is 0.504. The Labute approximate surface area is 136 Å². The lowest BCUT2D eigenvalue weighted by Crippen LogP contribution is -2.34. The monoisotopic (exact) mass is 331 g/mol. The van der Waals surface area contributed by atoms with Crippen molar-refractivity contribution >= 4 is 35.0 Å². The Kier molecular flexibility index (Phi) is 7.03. The Morgan fingerprint density at radius 2 is 2.05 bits per heavy atom. The summed E-state index contributed by atoms with van der Waals surface area (Å²) in [6.45, 7) is 3.17. The van der Waals surface area contributed by atoms with Crippen LogP contribution in [0.2, 0.25) is 10.0 Å². The van der Waals surface area contributed by atoms with Gasteiger partial charge >= 0.3 is 0 Å². The van der Waals surface area contributed by atoms with E-state index in [4.69, 9.17) is 23.2 Å². The van der Waals surface area contributed by atoms with Crippen molar-refractivity contribution in [1.29, 1.82) is 0 Å². The van der Waals surface area contributed by atoms with Crippen LogP contribution in [0.5, 0.6) is 0 Å². The number of rotatable bonds is 6. The molecule has 1 aromatic rings. The zero-order valence-corrected chi connectivity index (χ0v) is 14.3. The highest BCUT2D eigenvalue weighted by atomic mass is 35.5. The topological polar surface area (TPSA) is 12.0 Å². The predicted octanol–water partition coefficient (Wildman–Crippen LogP) is 5.05. The lowest BCUT2D eigenvalue weighted by atomic mass is 9.91. The summed E-state index contributed by atoms with van der Waals surface area (Å²) in [6, 6.07) is 6.44. The number of hydrogen-bond acceptors (Lipinski definition) is 2. The summed E-state index contributed by atoms with van der Waals surface area (Å²) in [7, 11) is 0. The van der Waals surface area contributed by atoms with Crippen molar-refractivity contribution in [3.05, 3.63) is 33.8 Å². The lowest BCUT2D eigenvalue weighted by Gasteiger charge is -2.27. The van der Waals surface area contributed by atoms with E-state index in [9.17, 15) is 0 Å². The molecule has 0 aromatic heterocycles. The van der Waals surface area contributed by atoms with E-state index in [-0.39, 0.29) is 0 Å². The molecular formula is C16H23Cl2NS. The Morgan fingerprint density at radius 1 is 1.30 bits per heavy atom. The highest BCUT2D eigenvalue weighted by molar-refractivity contribution is 7.99. The molecule has 1 aliphatic rings. The Balaban J connectivity index is 1.98. The maximum atomic E-state index is 6.32. The summed E-state index contributed by atoms with van der Waals surface area (Å²) in [5.74, 6) is 3.50. The second-order valence-corrected chi connectivity index (χ2v) is 7.47. The van der Waals surface area contributed by atoms with Gasteiger partial charge in [-0.25, -0.2) is 0 Å². The fraction of sp³-hybridized carbons (Fsp3) is 0.625. The van der Waals surface area contributed by atoms with Gasteiger partial charge in [0.2, 0.25) is 0 Å². The van der Waals surface area contributed by atoms with E-state index in [2.05, 4.69) is 30.1 Å². The Morgan fingerprint density at radius 3 is 2.75 bits per heavy atom. The Bertz CT molecular complexity index is 419. The number of thioether (sulfide) groups is 1. The molecule has 2 rings (SSSR count). The van der Waals surface area contributed by atoms with Crippen LogP contribution >= 0.6 is 35.0 Å². The zero-order valence-electron chi connectivity index (χ0n) is 12.0. The highest BCUT2D eigenvalue weighted by Gasteiger charge is 2.20. The maximum absolute atomic E-state index is 6.32. The quantitative estimate of drug-likeness (QED) is 0.782. The second kappa shape index (κ2) is 8.53. The zero-order chi connectivity index (χ0) is 14.4. The third-order valence-electron chi connectivity index (χ3n) is 3.95.